The van der Waals surface area contributed by atoms with Gasteiger partial charge < -0.3 is 20.2 Å². The number of anilines is 1. The Morgan fingerprint density at radius 2 is 1.58 bits per heavy atom. The molecule has 31 heavy (non-hydrogen) atoms. The first kappa shape index (κ1) is 21.2. The van der Waals surface area contributed by atoms with Crippen molar-refractivity contribution in [2.45, 2.75) is 31.7 Å². The number of halogens is 2. The van der Waals surface area contributed by atoms with Crippen LogP contribution in [-0.4, -0.2) is 58.9 Å². The topological polar surface area (TPSA) is 72.9 Å². The van der Waals surface area contributed by atoms with Gasteiger partial charge in [0.25, 0.3) is 11.8 Å². The van der Waals surface area contributed by atoms with E-state index < -0.39 is 17.5 Å². The number of benzene rings is 2. The summed E-state index contributed by atoms with van der Waals surface area (Å²) >= 11 is 0. The Kier molecular flexibility index (Phi) is 6.18. The van der Waals surface area contributed by atoms with Crippen LogP contribution < -0.4 is 5.32 Å². The minimum atomic E-state index is -0.859. The second kappa shape index (κ2) is 9.01. The summed E-state index contributed by atoms with van der Waals surface area (Å²) in [6, 6.07) is 7.23. The van der Waals surface area contributed by atoms with Gasteiger partial charge in [-0.05, 0) is 63.0 Å². The van der Waals surface area contributed by atoms with Crippen molar-refractivity contribution < 1.29 is 23.5 Å². The molecule has 4 rings (SSSR count). The van der Waals surface area contributed by atoms with Crippen molar-refractivity contribution in [3.8, 4) is 5.75 Å². The van der Waals surface area contributed by atoms with Gasteiger partial charge in [-0.25, -0.2) is 8.78 Å². The van der Waals surface area contributed by atoms with E-state index in [9.17, 15) is 23.5 Å². The third-order valence-electron chi connectivity index (χ3n) is 6.02. The molecule has 2 fully saturated rings. The van der Waals surface area contributed by atoms with Crippen LogP contribution in [0.2, 0.25) is 0 Å². The lowest BCUT2D eigenvalue weighted by molar-refractivity contribution is 0.0641. The average Bonchev–Trinajstić information content (AvgIpc) is 3.28. The molecule has 2 heterocycles. The number of likely N-dealkylation sites (tertiary alicyclic amines) is 2. The van der Waals surface area contributed by atoms with E-state index >= 15 is 0 Å². The minimum absolute atomic E-state index is 0.162. The third-order valence-corrected chi connectivity index (χ3v) is 6.02. The fourth-order valence-electron chi connectivity index (χ4n) is 4.39. The fourth-order valence-corrected chi connectivity index (χ4v) is 4.39. The highest BCUT2D eigenvalue weighted by atomic mass is 19.1. The number of amides is 2. The maximum atomic E-state index is 13.3. The van der Waals surface area contributed by atoms with Crippen LogP contribution >= 0.6 is 0 Å². The Morgan fingerprint density at radius 3 is 2.19 bits per heavy atom. The quantitative estimate of drug-likeness (QED) is 0.779. The van der Waals surface area contributed by atoms with Gasteiger partial charge >= 0.3 is 0 Å². The van der Waals surface area contributed by atoms with Crippen molar-refractivity contribution in [2.75, 3.05) is 31.5 Å². The van der Waals surface area contributed by atoms with Gasteiger partial charge in [0.2, 0.25) is 0 Å². The molecule has 0 aliphatic carbocycles. The third kappa shape index (κ3) is 4.85. The molecule has 164 valence electrons. The van der Waals surface area contributed by atoms with Crippen LogP contribution in [-0.2, 0) is 0 Å². The van der Waals surface area contributed by atoms with Crippen molar-refractivity contribution in [2.24, 2.45) is 0 Å². The molecule has 2 amide bonds. The Morgan fingerprint density at radius 1 is 0.935 bits per heavy atom. The summed E-state index contributed by atoms with van der Waals surface area (Å²) in [4.78, 5) is 29.3. The van der Waals surface area contributed by atoms with Crippen LogP contribution in [0.25, 0.3) is 0 Å². The molecule has 0 unspecified atom stereocenters. The minimum Gasteiger partial charge on any atom is -0.507 e. The number of hydrogen-bond donors (Lipinski definition) is 2. The zero-order valence-corrected chi connectivity index (χ0v) is 17.1. The summed E-state index contributed by atoms with van der Waals surface area (Å²) in [5.74, 6) is -2.94. The Balaban J connectivity index is 1.39. The molecule has 0 aromatic heterocycles. The molecule has 0 saturated carbocycles. The van der Waals surface area contributed by atoms with E-state index in [4.69, 9.17) is 0 Å². The maximum Gasteiger partial charge on any atom is 0.257 e. The molecule has 0 bridgehead atoms. The van der Waals surface area contributed by atoms with Crippen molar-refractivity contribution in [3.63, 3.8) is 0 Å². The number of phenols is 1. The second-order valence-corrected chi connectivity index (χ2v) is 8.11. The summed E-state index contributed by atoms with van der Waals surface area (Å²) in [7, 11) is 0. The number of rotatable bonds is 4. The van der Waals surface area contributed by atoms with Crippen LogP contribution in [0.3, 0.4) is 0 Å². The molecule has 2 aliphatic heterocycles. The van der Waals surface area contributed by atoms with Gasteiger partial charge in [-0.15, -0.1) is 0 Å². The highest BCUT2D eigenvalue weighted by Crippen LogP contribution is 2.27. The fraction of sp³-hybridized carbons (Fsp3) is 0.391. The van der Waals surface area contributed by atoms with Crippen LogP contribution in [0.15, 0.2) is 36.4 Å². The van der Waals surface area contributed by atoms with Gasteiger partial charge in [0.05, 0.1) is 5.56 Å². The Bertz CT molecular complexity index is 964. The van der Waals surface area contributed by atoms with Crippen molar-refractivity contribution in [1.82, 2.24) is 9.80 Å². The van der Waals surface area contributed by atoms with Gasteiger partial charge in [0.1, 0.15) is 17.4 Å². The number of hydrogen-bond acceptors (Lipinski definition) is 4. The number of carbonyl (C=O) groups excluding carboxylic acids is 2. The monoisotopic (exact) mass is 429 g/mol. The maximum absolute atomic E-state index is 13.3. The SMILES string of the molecule is O=C(Nc1ccc(C(=O)N2CCC(N3CCCC3)CC2)c(O)c1)c1cc(F)cc(F)c1. The van der Waals surface area contributed by atoms with Crippen molar-refractivity contribution in [1.29, 1.82) is 0 Å². The predicted molar refractivity (Wildman–Crippen MR) is 112 cm³/mol. The molecule has 0 atom stereocenters. The standard InChI is InChI=1S/C23H25F2N3O3/c24-16-11-15(12-17(25)13-16)22(30)26-18-3-4-20(21(29)14-18)23(31)28-9-5-19(6-10-28)27-7-1-2-8-27/h3-4,11-14,19,29H,1-2,5-10H2,(H,26,30). The molecular formula is C23H25F2N3O3. The second-order valence-electron chi connectivity index (χ2n) is 8.11. The van der Waals surface area contributed by atoms with E-state index in [1.807, 2.05) is 0 Å². The van der Waals surface area contributed by atoms with E-state index in [-0.39, 0.29) is 28.5 Å². The zero-order chi connectivity index (χ0) is 22.0. The first-order chi connectivity index (χ1) is 14.9. The summed E-state index contributed by atoms with van der Waals surface area (Å²) in [6.07, 6.45) is 4.32. The number of phenolic OH excluding ortho intramolecular Hbond substituents is 1. The summed E-state index contributed by atoms with van der Waals surface area (Å²) in [5, 5.41) is 12.8. The van der Waals surface area contributed by atoms with Gasteiger partial charge in [-0.2, -0.15) is 0 Å². The average molecular weight is 429 g/mol. The number of piperidine rings is 1. The summed E-state index contributed by atoms with van der Waals surface area (Å²) in [6.45, 7) is 3.55. The first-order valence-corrected chi connectivity index (χ1v) is 10.5. The van der Waals surface area contributed by atoms with Gasteiger partial charge in [0, 0.05) is 42.5 Å². The number of nitrogens with one attached hydrogen (secondary N) is 1. The molecule has 2 aromatic carbocycles. The zero-order valence-electron chi connectivity index (χ0n) is 17.1. The molecule has 2 aliphatic rings. The highest BCUT2D eigenvalue weighted by molar-refractivity contribution is 6.05. The lowest BCUT2D eigenvalue weighted by atomic mass is 10.0. The van der Waals surface area contributed by atoms with Crippen LogP contribution in [0.4, 0.5) is 14.5 Å². The van der Waals surface area contributed by atoms with E-state index in [1.54, 1.807) is 4.90 Å². The normalized spacial score (nSPS) is 17.7. The summed E-state index contributed by atoms with van der Waals surface area (Å²) < 4.78 is 26.6. The smallest absolute Gasteiger partial charge is 0.257 e. The molecule has 0 spiro atoms. The van der Waals surface area contributed by atoms with E-state index in [0.717, 1.165) is 38.1 Å². The van der Waals surface area contributed by atoms with Crippen LogP contribution in [0, 0.1) is 11.6 Å². The number of aromatic hydroxyl groups is 1. The Labute approximate surface area is 179 Å². The molecule has 8 heteroatoms. The van der Waals surface area contributed by atoms with E-state index in [1.165, 1.54) is 31.0 Å². The van der Waals surface area contributed by atoms with E-state index in [2.05, 4.69) is 10.2 Å². The molecule has 0 radical (unpaired) electrons. The van der Waals surface area contributed by atoms with E-state index in [0.29, 0.717) is 25.2 Å². The van der Waals surface area contributed by atoms with Gasteiger partial charge in [-0.3, -0.25) is 9.59 Å². The van der Waals surface area contributed by atoms with Crippen LogP contribution in [0.1, 0.15) is 46.4 Å². The number of nitrogens with zero attached hydrogens (tertiary/aromatic N) is 2. The Hall–Kier alpha value is -3.00. The summed E-state index contributed by atoms with van der Waals surface area (Å²) in [5.41, 5.74) is 0.198. The highest BCUT2D eigenvalue weighted by Gasteiger charge is 2.29. The van der Waals surface area contributed by atoms with Crippen molar-refractivity contribution >= 4 is 17.5 Å². The largest absolute Gasteiger partial charge is 0.507 e. The van der Waals surface area contributed by atoms with Crippen molar-refractivity contribution in [3.05, 3.63) is 59.2 Å². The van der Waals surface area contributed by atoms with Gasteiger partial charge in [-0.1, -0.05) is 0 Å². The lowest BCUT2D eigenvalue weighted by Gasteiger charge is -2.36. The first-order valence-electron chi connectivity index (χ1n) is 10.5. The molecule has 2 N–H and O–H groups in total. The molecule has 2 aromatic rings. The van der Waals surface area contributed by atoms with Crippen LogP contribution in [0.5, 0.6) is 5.75 Å². The molecular weight excluding hydrogens is 404 g/mol. The van der Waals surface area contributed by atoms with Gasteiger partial charge in [0.15, 0.2) is 0 Å². The predicted octanol–water partition coefficient (Wildman–Crippen LogP) is 3.62. The number of carbonyl (C=O) groups is 2. The lowest BCUT2D eigenvalue weighted by Crippen LogP contribution is -2.45. The molecule has 6 nitrogen and oxygen atoms in total. The molecule has 2 saturated heterocycles.